The summed E-state index contributed by atoms with van der Waals surface area (Å²) in [6.07, 6.45) is 5.41. The summed E-state index contributed by atoms with van der Waals surface area (Å²) in [5.41, 5.74) is 9.63. The summed E-state index contributed by atoms with van der Waals surface area (Å²) in [6, 6.07) is 5.75. The molecule has 0 saturated carbocycles. The van der Waals surface area contributed by atoms with Crippen molar-refractivity contribution in [2.45, 2.75) is 13.8 Å². The molecule has 0 fully saturated rings. The molecule has 122 valence electrons. The second kappa shape index (κ2) is 6.76. The van der Waals surface area contributed by atoms with E-state index in [9.17, 15) is 0 Å². The first-order chi connectivity index (χ1) is 11.5. The van der Waals surface area contributed by atoms with Crippen LogP contribution in [0.5, 0.6) is 0 Å². The van der Waals surface area contributed by atoms with Crippen molar-refractivity contribution in [2.24, 2.45) is 5.73 Å². The van der Waals surface area contributed by atoms with Crippen molar-refractivity contribution in [3.63, 3.8) is 0 Å². The molecule has 0 radical (unpaired) electrons. The molecule has 6 nitrogen and oxygen atoms in total. The number of imidazole rings is 1. The number of thioether (sulfide) groups is 1. The van der Waals surface area contributed by atoms with Gasteiger partial charge < -0.3 is 11.1 Å². The average Bonchev–Trinajstić information content (AvgIpc) is 2.90. The minimum atomic E-state index is 0.609. The molecular weight excluding hydrogens is 320 g/mol. The zero-order valence-corrected chi connectivity index (χ0v) is 14.3. The van der Waals surface area contributed by atoms with Crippen molar-refractivity contribution in [3.05, 3.63) is 70.8 Å². The van der Waals surface area contributed by atoms with E-state index in [2.05, 4.69) is 26.8 Å². The molecule has 0 spiro atoms. The number of nitrogens with one attached hydrogen (secondary N) is 1. The van der Waals surface area contributed by atoms with E-state index >= 15 is 0 Å². The average molecular weight is 338 g/mol. The fourth-order valence-corrected chi connectivity index (χ4v) is 2.79. The third-order valence-electron chi connectivity index (χ3n) is 3.36. The minimum absolute atomic E-state index is 0.609. The minimum Gasteiger partial charge on any atom is -0.397 e. The van der Waals surface area contributed by atoms with Gasteiger partial charge in [0.15, 0.2) is 0 Å². The lowest BCUT2D eigenvalue weighted by Crippen LogP contribution is -2.02. The third-order valence-corrected chi connectivity index (χ3v) is 4.12. The quantitative estimate of drug-likeness (QED) is 0.743. The van der Waals surface area contributed by atoms with E-state index in [0.29, 0.717) is 11.5 Å². The number of nitrogens with two attached hydrogens (primary N) is 1. The summed E-state index contributed by atoms with van der Waals surface area (Å²) >= 11 is 1.40. The Labute approximate surface area is 144 Å². The number of aromatic nitrogens is 4. The number of anilines is 1. The predicted molar refractivity (Wildman–Crippen MR) is 99.2 cm³/mol. The molecule has 24 heavy (non-hydrogen) atoms. The highest BCUT2D eigenvalue weighted by Gasteiger charge is 2.11. The van der Waals surface area contributed by atoms with Crippen LogP contribution in [0.2, 0.25) is 0 Å². The highest BCUT2D eigenvalue weighted by atomic mass is 32.2. The second-order valence-electron chi connectivity index (χ2n) is 5.30. The molecule has 7 heteroatoms. The maximum Gasteiger partial charge on any atom is 0.234 e. The topological polar surface area (TPSA) is 81.1 Å². The van der Waals surface area contributed by atoms with Crippen LogP contribution in [0.25, 0.3) is 11.5 Å². The molecule has 3 aromatic heterocycles. The van der Waals surface area contributed by atoms with Gasteiger partial charge in [0.25, 0.3) is 0 Å². The van der Waals surface area contributed by atoms with E-state index in [0.717, 1.165) is 27.8 Å². The van der Waals surface area contributed by atoms with Gasteiger partial charge in [0, 0.05) is 24.0 Å². The first-order valence-corrected chi connectivity index (χ1v) is 8.23. The Morgan fingerprint density at radius 3 is 2.92 bits per heavy atom. The number of nitrogens with zero attached hydrogens (tertiary/aromatic N) is 4. The summed E-state index contributed by atoms with van der Waals surface area (Å²) in [6.45, 7) is 7.90. The van der Waals surface area contributed by atoms with Gasteiger partial charge in [0.1, 0.15) is 5.82 Å². The first-order valence-electron chi connectivity index (χ1n) is 7.35. The normalized spacial score (nSPS) is 11.7. The third kappa shape index (κ3) is 3.41. The molecule has 3 N–H and O–H groups in total. The molecule has 0 aliphatic carbocycles. The monoisotopic (exact) mass is 338 g/mol. The Hall–Kier alpha value is -2.80. The first kappa shape index (κ1) is 16.1. The molecular formula is C17H18N6S. The summed E-state index contributed by atoms with van der Waals surface area (Å²) in [5.74, 6) is 1.38. The fraction of sp³-hybridized carbons (Fsp3) is 0.118. The van der Waals surface area contributed by atoms with Crippen molar-refractivity contribution in [1.29, 1.82) is 0 Å². The fourth-order valence-electron chi connectivity index (χ4n) is 2.25. The Kier molecular flexibility index (Phi) is 4.52. The Morgan fingerprint density at radius 2 is 2.17 bits per heavy atom. The smallest absolute Gasteiger partial charge is 0.234 e. The second-order valence-corrected chi connectivity index (χ2v) is 6.26. The van der Waals surface area contributed by atoms with Crippen LogP contribution < -0.4 is 11.1 Å². The number of aryl methyl sites for hydroxylation is 2. The molecule has 3 aromatic rings. The number of hydrogen-bond acceptors (Lipinski definition) is 6. The highest BCUT2D eigenvalue weighted by molar-refractivity contribution is 8.06. The van der Waals surface area contributed by atoms with Gasteiger partial charge in [-0.25, -0.2) is 15.0 Å². The van der Waals surface area contributed by atoms with E-state index in [1.54, 1.807) is 12.4 Å². The van der Waals surface area contributed by atoms with Crippen molar-refractivity contribution >= 4 is 29.1 Å². The molecule has 0 atom stereocenters. The maximum absolute atomic E-state index is 6.24. The van der Waals surface area contributed by atoms with Gasteiger partial charge in [0.2, 0.25) is 5.78 Å². The van der Waals surface area contributed by atoms with Crippen molar-refractivity contribution in [2.75, 3.05) is 5.32 Å². The summed E-state index contributed by atoms with van der Waals surface area (Å²) in [5, 5.41) is 5.72. The molecule has 3 rings (SSSR count). The molecule has 3 heterocycles. The Morgan fingerprint density at radius 1 is 1.33 bits per heavy atom. The van der Waals surface area contributed by atoms with Crippen LogP contribution in [0.15, 0.2) is 53.8 Å². The van der Waals surface area contributed by atoms with Crippen LogP contribution in [-0.2, 0) is 0 Å². The van der Waals surface area contributed by atoms with Gasteiger partial charge in [-0.1, -0.05) is 24.4 Å². The summed E-state index contributed by atoms with van der Waals surface area (Å²) < 4.78 is 1.87. The number of rotatable bonds is 5. The van der Waals surface area contributed by atoms with Gasteiger partial charge >= 0.3 is 0 Å². The Balaban J connectivity index is 1.74. The summed E-state index contributed by atoms with van der Waals surface area (Å²) in [7, 11) is 0. The van der Waals surface area contributed by atoms with Gasteiger partial charge in [-0.3, -0.25) is 4.40 Å². The van der Waals surface area contributed by atoms with E-state index in [-0.39, 0.29) is 0 Å². The van der Waals surface area contributed by atoms with E-state index in [1.165, 1.54) is 11.8 Å². The lowest BCUT2D eigenvalue weighted by molar-refractivity contribution is 1.09. The zero-order chi connectivity index (χ0) is 17.1. The van der Waals surface area contributed by atoms with Crippen molar-refractivity contribution in [1.82, 2.24) is 19.4 Å². The SMILES string of the molecule is C=C(Nc1ccc(C)cn1)S/C=C(\N)c1c(C)nc2ncccn12. The lowest BCUT2D eigenvalue weighted by Gasteiger charge is -2.07. The number of fused-ring (bicyclic) bond motifs is 1. The largest absolute Gasteiger partial charge is 0.397 e. The number of hydrogen-bond donors (Lipinski definition) is 2. The van der Waals surface area contributed by atoms with Crippen LogP contribution in [0, 0.1) is 13.8 Å². The lowest BCUT2D eigenvalue weighted by atomic mass is 10.3. The van der Waals surface area contributed by atoms with Crippen LogP contribution in [0.1, 0.15) is 17.0 Å². The van der Waals surface area contributed by atoms with Crippen LogP contribution in [0.3, 0.4) is 0 Å². The van der Waals surface area contributed by atoms with Crippen LogP contribution in [0.4, 0.5) is 5.82 Å². The van der Waals surface area contributed by atoms with Crippen LogP contribution in [-0.4, -0.2) is 19.4 Å². The predicted octanol–water partition coefficient (Wildman–Crippen LogP) is 3.31. The van der Waals surface area contributed by atoms with Gasteiger partial charge in [-0.2, -0.15) is 0 Å². The molecule has 0 amide bonds. The van der Waals surface area contributed by atoms with Gasteiger partial charge in [0.05, 0.1) is 22.1 Å². The molecule has 0 bridgehead atoms. The standard InChI is InChI=1S/C17H18N6S/c1-11-5-6-15(20-9-11)22-13(3)24-10-14(18)16-12(2)21-17-19-7-4-8-23(16)17/h4-10H,3,18H2,1-2H3,(H,20,22)/b14-10-. The maximum atomic E-state index is 6.24. The molecule has 0 aromatic carbocycles. The van der Waals surface area contributed by atoms with Crippen molar-refractivity contribution in [3.8, 4) is 0 Å². The highest BCUT2D eigenvalue weighted by Crippen LogP contribution is 2.23. The van der Waals surface area contributed by atoms with Crippen molar-refractivity contribution < 1.29 is 0 Å². The molecule has 0 aliphatic heterocycles. The van der Waals surface area contributed by atoms with Gasteiger partial charge in [-0.15, -0.1) is 0 Å². The van der Waals surface area contributed by atoms with E-state index in [4.69, 9.17) is 5.73 Å². The molecule has 0 saturated heterocycles. The van der Waals surface area contributed by atoms with E-state index in [1.807, 2.05) is 48.1 Å². The van der Waals surface area contributed by atoms with Gasteiger partial charge in [-0.05, 0) is 31.5 Å². The zero-order valence-electron chi connectivity index (χ0n) is 13.5. The van der Waals surface area contributed by atoms with Crippen LogP contribution >= 0.6 is 11.8 Å². The molecule has 0 unspecified atom stereocenters. The summed E-state index contributed by atoms with van der Waals surface area (Å²) in [4.78, 5) is 12.9. The van der Waals surface area contributed by atoms with E-state index < -0.39 is 0 Å². The Bertz CT molecular complexity index is 910. The molecule has 0 aliphatic rings. The number of pyridine rings is 1.